The van der Waals surface area contributed by atoms with Crippen LogP contribution in [-0.4, -0.2) is 32.3 Å². The first-order valence-electron chi connectivity index (χ1n) is 8.15. The molecule has 0 saturated heterocycles. The average Bonchev–Trinajstić information content (AvgIpc) is 3.30. The van der Waals surface area contributed by atoms with Crippen LogP contribution in [0.1, 0.15) is 44.6 Å². The summed E-state index contributed by atoms with van der Waals surface area (Å²) in [5.74, 6) is 1.53. The van der Waals surface area contributed by atoms with Crippen LogP contribution in [0.15, 0.2) is 16.9 Å². The summed E-state index contributed by atoms with van der Waals surface area (Å²) in [6, 6.07) is 0.420. The maximum atomic E-state index is 9.71. The predicted octanol–water partition coefficient (Wildman–Crippen LogP) is 3.49. The number of nitrogens with zero attached hydrogens (tertiary/aromatic N) is 3. The maximum Gasteiger partial charge on any atom is 0.224 e. The molecule has 2 aliphatic rings. The molecule has 2 N–H and O–H groups in total. The summed E-state index contributed by atoms with van der Waals surface area (Å²) in [6.07, 6.45) is 10.3. The molecular formula is C16H21BrN4O. The van der Waals surface area contributed by atoms with Crippen LogP contribution in [0.5, 0.6) is 0 Å². The molecule has 2 heterocycles. The van der Waals surface area contributed by atoms with Gasteiger partial charge in [0.1, 0.15) is 5.65 Å². The Kier molecular flexibility index (Phi) is 3.82. The molecule has 0 amide bonds. The van der Waals surface area contributed by atoms with E-state index in [4.69, 9.17) is 4.98 Å². The topological polar surface area (TPSA) is 63.0 Å². The van der Waals surface area contributed by atoms with Crippen molar-refractivity contribution in [3.8, 4) is 0 Å². The fourth-order valence-corrected chi connectivity index (χ4v) is 3.75. The van der Waals surface area contributed by atoms with Gasteiger partial charge in [0.2, 0.25) is 5.95 Å². The van der Waals surface area contributed by atoms with Gasteiger partial charge in [-0.05, 0) is 60.4 Å². The van der Waals surface area contributed by atoms with Crippen LogP contribution in [0.2, 0.25) is 0 Å². The zero-order valence-corrected chi connectivity index (χ0v) is 14.1. The first-order valence-corrected chi connectivity index (χ1v) is 8.95. The molecule has 0 aliphatic heterocycles. The first kappa shape index (κ1) is 14.5. The Morgan fingerprint density at radius 1 is 1.23 bits per heavy atom. The van der Waals surface area contributed by atoms with E-state index in [1.165, 1.54) is 12.8 Å². The lowest BCUT2D eigenvalue weighted by Gasteiger charge is -2.27. The lowest BCUT2D eigenvalue weighted by molar-refractivity contribution is 0.111. The lowest BCUT2D eigenvalue weighted by Crippen LogP contribution is -2.21. The number of hydrogen-bond donors (Lipinski definition) is 2. The van der Waals surface area contributed by atoms with Gasteiger partial charge in [0.15, 0.2) is 0 Å². The van der Waals surface area contributed by atoms with Gasteiger partial charge >= 0.3 is 0 Å². The summed E-state index contributed by atoms with van der Waals surface area (Å²) in [7, 11) is 0. The SMILES string of the molecule is O[C@H]1CC[C@H](n2cc(Br)c3cnc(NCC4CC4)nc32)CC1. The largest absolute Gasteiger partial charge is 0.393 e. The van der Waals surface area contributed by atoms with E-state index in [0.717, 1.165) is 59.6 Å². The number of aliphatic hydroxyl groups is 1. The molecule has 2 aliphatic carbocycles. The van der Waals surface area contributed by atoms with E-state index in [9.17, 15) is 5.11 Å². The molecule has 2 fully saturated rings. The van der Waals surface area contributed by atoms with Crippen molar-refractivity contribution in [2.45, 2.75) is 50.7 Å². The van der Waals surface area contributed by atoms with Crippen molar-refractivity contribution < 1.29 is 5.11 Å². The molecule has 2 saturated carbocycles. The van der Waals surface area contributed by atoms with Crippen molar-refractivity contribution in [3.05, 3.63) is 16.9 Å². The summed E-state index contributed by atoms with van der Waals surface area (Å²) < 4.78 is 3.30. The fraction of sp³-hybridized carbons (Fsp3) is 0.625. The van der Waals surface area contributed by atoms with E-state index in [1.54, 1.807) is 0 Å². The van der Waals surface area contributed by atoms with Gasteiger partial charge in [0, 0.05) is 29.5 Å². The van der Waals surface area contributed by atoms with E-state index in [-0.39, 0.29) is 6.10 Å². The van der Waals surface area contributed by atoms with Crippen molar-refractivity contribution >= 4 is 32.9 Å². The van der Waals surface area contributed by atoms with Crippen molar-refractivity contribution in [3.63, 3.8) is 0 Å². The van der Waals surface area contributed by atoms with Crippen LogP contribution < -0.4 is 5.32 Å². The van der Waals surface area contributed by atoms with E-state index in [1.807, 2.05) is 6.20 Å². The highest BCUT2D eigenvalue weighted by Gasteiger charge is 2.24. The minimum atomic E-state index is -0.132. The van der Waals surface area contributed by atoms with Gasteiger partial charge in [0.25, 0.3) is 0 Å². The second-order valence-electron chi connectivity index (χ2n) is 6.60. The van der Waals surface area contributed by atoms with E-state index in [2.05, 4.69) is 37.0 Å². The van der Waals surface area contributed by atoms with Gasteiger partial charge in [-0.1, -0.05) is 0 Å². The van der Waals surface area contributed by atoms with E-state index in [0.29, 0.717) is 6.04 Å². The van der Waals surface area contributed by atoms with Gasteiger partial charge in [-0.2, -0.15) is 4.98 Å². The quantitative estimate of drug-likeness (QED) is 0.871. The number of aromatic nitrogens is 3. The molecule has 0 spiro atoms. The summed E-state index contributed by atoms with van der Waals surface area (Å²) in [5.41, 5.74) is 0.988. The number of fused-ring (bicyclic) bond motifs is 1. The third-order valence-corrected chi connectivity index (χ3v) is 5.46. The molecule has 2 aromatic rings. The van der Waals surface area contributed by atoms with Gasteiger partial charge in [-0.25, -0.2) is 4.98 Å². The average molecular weight is 365 g/mol. The summed E-state index contributed by atoms with van der Waals surface area (Å²) in [4.78, 5) is 9.17. The Morgan fingerprint density at radius 3 is 2.73 bits per heavy atom. The lowest BCUT2D eigenvalue weighted by atomic mass is 9.93. The molecular weight excluding hydrogens is 344 g/mol. The third kappa shape index (κ3) is 2.86. The molecule has 6 heteroatoms. The van der Waals surface area contributed by atoms with Crippen LogP contribution >= 0.6 is 15.9 Å². The summed E-state index contributed by atoms with van der Waals surface area (Å²) in [5, 5.41) is 14.1. The van der Waals surface area contributed by atoms with Crippen molar-refractivity contribution in [1.29, 1.82) is 0 Å². The number of rotatable bonds is 4. The highest BCUT2D eigenvalue weighted by atomic mass is 79.9. The van der Waals surface area contributed by atoms with Gasteiger partial charge in [-0.15, -0.1) is 0 Å². The monoisotopic (exact) mass is 364 g/mol. The number of nitrogens with one attached hydrogen (secondary N) is 1. The molecule has 118 valence electrons. The third-order valence-electron chi connectivity index (χ3n) is 4.83. The fourth-order valence-electron chi connectivity index (χ4n) is 3.25. The zero-order chi connectivity index (χ0) is 15.1. The number of hydrogen-bond acceptors (Lipinski definition) is 4. The van der Waals surface area contributed by atoms with Crippen molar-refractivity contribution in [1.82, 2.24) is 14.5 Å². The molecule has 0 aromatic carbocycles. The number of aliphatic hydroxyl groups excluding tert-OH is 1. The highest BCUT2D eigenvalue weighted by molar-refractivity contribution is 9.10. The Morgan fingerprint density at radius 2 is 2.00 bits per heavy atom. The summed E-state index contributed by atoms with van der Waals surface area (Å²) in [6.45, 7) is 0.975. The Labute approximate surface area is 138 Å². The normalized spacial score (nSPS) is 25.5. The molecule has 5 nitrogen and oxygen atoms in total. The molecule has 0 radical (unpaired) electrons. The van der Waals surface area contributed by atoms with Gasteiger partial charge in [-0.3, -0.25) is 0 Å². The first-order chi connectivity index (χ1) is 10.7. The number of anilines is 1. The molecule has 4 rings (SSSR count). The van der Waals surface area contributed by atoms with Crippen molar-refractivity contribution in [2.24, 2.45) is 5.92 Å². The standard InChI is InChI=1S/C16H21BrN4O/c17-14-9-21(11-3-5-12(22)6-4-11)15-13(14)8-19-16(20-15)18-7-10-1-2-10/h8-12,22H,1-7H2,(H,18,19,20)/t11-,12-. The van der Waals surface area contributed by atoms with Gasteiger partial charge < -0.3 is 15.0 Å². The predicted molar refractivity (Wildman–Crippen MR) is 90.0 cm³/mol. The van der Waals surface area contributed by atoms with Gasteiger partial charge in [0.05, 0.1) is 11.5 Å². The van der Waals surface area contributed by atoms with Crippen LogP contribution in [-0.2, 0) is 0 Å². The van der Waals surface area contributed by atoms with Crippen LogP contribution in [0, 0.1) is 5.92 Å². The molecule has 22 heavy (non-hydrogen) atoms. The Bertz CT molecular complexity index is 674. The molecule has 0 unspecified atom stereocenters. The minimum absolute atomic E-state index is 0.132. The van der Waals surface area contributed by atoms with Crippen molar-refractivity contribution in [2.75, 3.05) is 11.9 Å². The van der Waals surface area contributed by atoms with Crippen LogP contribution in [0.4, 0.5) is 5.95 Å². The van der Waals surface area contributed by atoms with E-state index >= 15 is 0 Å². The van der Waals surface area contributed by atoms with E-state index < -0.39 is 0 Å². The highest BCUT2D eigenvalue weighted by Crippen LogP contribution is 2.35. The second kappa shape index (κ2) is 5.81. The molecule has 0 bridgehead atoms. The van der Waals surface area contributed by atoms with Crippen LogP contribution in [0.25, 0.3) is 11.0 Å². The van der Waals surface area contributed by atoms with Crippen LogP contribution in [0.3, 0.4) is 0 Å². The molecule has 0 atom stereocenters. The minimum Gasteiger partial charge on any atom is -0.393 e. The zero-order valence-electron chi connectivity index (χ0n) is 12.5. The second-order valence-corrected chi connectivity index (χ2v) is 7.46. The molecule has 2 aromatic heterocycles. The Balaban J connectivity index is 1.62. The maximum absolute atomic E-state index is 9.71. The number of halogens is 1. The summed E-state index contributed by atoms with van der Waals surface area (Å²) >= 11 is 3.62. The Hall–Kier alpha value is -1.14. The smallest absolute Gasteiger partial charge is 0.224 e.